The average Bonchev–Trinajstić information content (AvgIpc) is 3.01. The summed E-state index contributed by atoms with van der Waals surface area (Å²) < 4.78 is 29.7. The minimum absolute atomic E-state index is 0.0124. The van der Waals surface area contributed by atoms with Crippen molar-refractivity contribution in [2.24, 2.45) is 0 Å². The number of halogens is 1. The normalized spacial score (nSPS) is 12.2. The van der Waals surface area contributed by atoms with E-state index >= 15 is 0 Å². The van der Waals surface area contributed by atoms with Crippen molar-refractivity contribution >= 4 is 49.1 Å². The van der Waals surface area contributed by atoms with Crippen molar-refractivity contribution in [3.05, 3.63) is 135 Å². The fourth-order valence-electron chi connectivity index (χ4n) is 4.85. The molecule has 240 valence electrons. The van der Waals surface area contributed by atoms with Gasteiger partial charge in [-0.3, -0.25) is 24.0 Å². The van der Waals surface area contributed by atoms with E-state index in [0.29, 0.717) is 5.56 Å². The van der Waals surface area contributed by atoms with E-state index in [-0.39, 0.29) is 29.2 Å². The predicted octanol–water partition coefficient (Wildman–Crippen LogP) is 6.11. The number of carbonyl (C=O) groups is 2. The quantitative estimate of drug-likeness (QED) is 0.140. The second kappa shape index (κ2) is 14.7. The molecule has 4 aromatic rings. The first-order valence-corrected chi connectivity index (χ1v) is 16.7. The highest BCUT2D eigenvalue weighted by molar-refractivity contribution is 9.10. The summed E-state index contributed by atoms with van der Waals surface area (Å²) in [6.45, 7) is 4.77. The molecular weight excluding hydrogens is 672 g/mol. The standard InChI is InChI=1S/C34H35BrN4O6S/c1-34(2,3)36-33(41)31(21-25-12-6-4-7-13-25)37(23-26-14-10-15-27(35)20-26)32(40)24-38(28-16-11-17-29(22-28)39(42)43)46(44,45)30-18-8-5-9-19-30/h4-20,22,31H,21,23-24H2,1-3H3,(H,36,41)/t31-/m0/s1. The summed E-state index contributed by atoms with van der Waals surface area (Å²) in [5, 5.41) is 14.6. The van der Waals surface area contributed by atoms with Crippen molar-refractivity contribution < 1.29 is 22.9 Å². The number of nitro benzene ring substituents is 1. The lowest BCUT2D eigenvalue weighted by Gasteiger charge is -2.35. The Morgan fingerprint density at radius 1 is 0.870 bits per heavy atom. The first-order valence-electron chi connectivity index (χ1n) is 14.5. The van der Waals surface area contributed by atoms with E-state index in [9.17, 15) is 28.1 Å². The van der Waals surface area contributed by atoms with E-state index in [1.165, 1.54) is 35.2 Å². The van der Waals surface area contributed by atoms with E-state index in [1.54, 1.807) is 24.3 Å². The van der Waals surface area contributed by atoms with Gasteiger partial charge in [-0.25, -0.2) is 8.42 Å². The third kappa shape index (κ3) is 9.01. The second-order valence-electron chi connectivity index (χ2n) is 11.7. The molecule has 0 spiro atoms. The number of non-ortho nitro benzene ring substituents is 1. The van der Waals surface area contributed by atoms with Crippen molar-refractivity contribution in [1.82, 2.24) is 10.2 Å². The Hall–Kier alpha value is -4.55. The Labute approximate surface area is 277 Å². The van der Waals surface area contributed by atoms with E-state index in [4.69, 9.17) is 0 Å². The van der Waals surface area contributed by atoms with Gasteiger partial charge in [0.15, 0.2) is 0 Å². The van der Waals surface area contributed by atoms with Crippen LogP contribution in [0.2, 0.25) is 0 Å². The van der Waals surface area contributed by atoms with Gasteiger partial charge in [-0.15, -0.1) is 0 Å². The molecular formula is C34H35BrN4O6S. The molecule has 46 heavy (non-hydrogen) atoms. The van der Waals surface area contributed by atoms with Crippen LogP contribution in [0, 0.1) is 10.1 Å². The molecule has 0 unspecified atom stereocenters. The number of anilines is 1. The topological polar surface area (TPSA) is 130 Å². The number of hydrogen-bond donors (Lipinski definition) is 1. The van der Waals surface area contributed by atoms with Crippen LogP contribution in [0.1, 0.15) is 31.9 Å². The molecule has 0 saturated carbocycles. The smallest absolute Gasteiger partial charge is 0.271 e. The Morgan fingerprint density at radius 3 is 2.09 bits per heavy atom. The van der Waals surface area contributed by atoms with Gasteiger partial charge in [0.2, 0.25) is 11.8 Å². The maximum absolute atomic E-state index is 14.5. The molecule has 4 aromatic carbocycles. The fourth-order valence-corrected chi connectivity index (χ4v) is 6.72. The molecule has 0 bridgehead atoms. The van der Waals surface area contributed by atoms with Gasteiger partial charge < -0.3 is 10.2 Å². The van der Waals surface area contributed by atoms with Gasteiger partial charge in [0.1, 0.15) is 12.6 Å². The van der Waals surface area contributed by atoms with Crippen LogP contribution in [0.15, 0.2) is 119 Å². The highest BCUT2D eigenvalue weighted by Crippen LogP contribution is 2.28. The van der Waals surface area contributed by atoms with Gasteiger partial charge in [0.25, 0.3) is 15.7 Å². The van der Waals surface area contributed by atoms with Gasteiger partial charge in [0, 0.05) is 35.1 Å². The zero-order valence-electron chi connectivity index (χ0n) is 25.7. The minimum atomic E-state index is -4.38. The highest BCUT2D eigenvalue weighted by Gasteiger charge is 2.36. The van der Waals surface area contributed by atoms with Gasteiger partial charge >= 0.3 is 0 Å². The van der Waals surface area contributed by atoms with Crippen LogP contribution in [0.25, 0.3) is 0 Å². The summed E-state index contributed by atoms with van der Waals surface area (Å²) in [5.74, 6) is -1.08. The molecule has 0 aromatic heterocycles. The van der Waals surface area contributed by atoms with E-state index in [1.807, 2.05) is 69.3 Å². The Bertz CT molecular complexity index is 1800. The lowest BCUT2D eigenvalue weighted by atomic mass is 10.0. The zero-order valence-corrected chi connectivity index (χ0v) is 28.1. The summed E-state index contributed by atoms with van der Waals surface area (Å²) in [6, 6.07) is 28.1. The maximum atomic E-state index is 14.5. The molecule has 0 aliphatic rings. The van der Waals surface area contributed by atoms with Crippen LogP contribution in [0.5, 0.6) is 0 Å². The molecule has 1 atom stereocenters. The predicted molar refractivity (Wildman–Crippen MR) is 181 cm³/mol. The molecule has 0 heterocycles. The molecule has 12 heteroatoms. The Kier molecular flexibility index (Phi) is 11.0. The number of amides is 2. The number of carbonyl (C=O) groups excluding carboxylic acids is 2. The molecule has 0 aliphatic heterocycles. The Balaban J connectivity index is 1.84. The first-order chi connectivity index (χ1) is 21.7. The lowest BCUT2D eigenvalue weighted by Crippen LogP contribution is -2.56. The molecule has 0 saturated heterocycles. The number of rotatable bonds is 12. The fraction of sp³-hybridized carbons (Fsp3) is 0.235. The summed E-state index contributed by atoms with van der Waals surface area (Å²) >= 11 is 3.46. The van der Waals surface area contributed by atoms with Crippen LogP contribution in [0.4, 0.5) is 11.4 Å². The van der Waals surface area contributed by atoms with Gasteiger partial charge in [-0.2, -0.15) is 0 Å². The minimum Gasteiger partial charge on any atom is -0.350 e. The van der Waals surface area contributed by atoms with Gasteiger partial charge in [-0.1, -0.05) is 82.7 Å². The first kappa shape index (κ1) is 34.3. The lowest BCUT2D eigenvalue weighted by molar-refractivity contribution is -0.384. The van der Waals surface area contributed by atoms with Crippen molar-refractivity contribution in [1.29, 1.82) is 0 Å². The molecule has 10 nitrogen and oxygen atoms in total. The number of nitro groups is 1. The van der Waals surface area contributed by atoms with Crippen molar-refractivity contribution in [2.75, 3.05) is 10.8 Å². The van der Waals surface area contributed by atoms with E-state index in [2.05, 4.69) is 21.2 Å². The van der Waals surface area contributed by atoms with Crippen LogP contribution in [0.3, 0.4) is 0 Å². The molecule has 4 rings (SSSR count). The van der Waals surface area contributed by atoms with Crippen LogP contribution < -0.4 is 9.62 Å². The number of sulfonamides is 1. The van der Waals surface area contributed by atoms with E-state index < -0.39 is 44.9 Å². The molecule has 1 N–H and O–H groups in total. The van der Waals surface area contributed by atoms with Crippen LogP contribution in [-0.4, -0.2) is 48.2 Å². The summed E-state index contributed by atoms with van der Waals surface area (Å²) in [7, 11) is -4.38. The van der Waals surface area contributed by atoms with Gasteiger partial charge in [0.05, 0.1) is 15.5 Å². The molecule has 0 fully saturated rings. The van der Waals surface area contributed by atoms with Crippen molar-refractivity contribution in [3.8, 4) is 0 Å². The second-order valence-corrected chi connectivity index (χ2v) is 14.5. The molecule has 2 amide bonds. The maximum Gasteiger partial charge on any atom is 0.271 e. The number of nitrogens with one attached hydrogen (secondary N) is 1. The SMILES string of the molecule is CC(C)(C)NC(=O)[C@H](Cc1ccccc1)N(Cc1cccc(Br)c1)C(=O)CN(c1cccc([N+](=O)[O-])c1)S(=O)(=O)c1ccccc1. The summed E-state index contributed by atoms with van der Waals surface area (Å²) in [5.41, 5.74) is 0.485. The van der Waals surface area contributed by atoms with E-state index in [0.717, 1.165) is 20.4 Å². The van der Waals surface area contributed by atoms with Crippen LogP contribution >= 0.6 is 15.9 Å². The van der Waals surface area contributed by atoms with Gasteiger partial charge in [-0.05, 0) is 62.2 Å². The number of hydrogen-bond acceptors (Lipinski definition) is 6. The van der Waals surface area contributed by atoms with Crippen LogP contribution in [-0.2, 0) is 32.6 Å². The average molecular weight is 708 g/mol. The van der Waals surface area contributed by atoms with Crippen molar-refractivity contribution in [2.45, 2.75) is 50.2 Å². The zero-order chi connectivity index (χ0) is 33.5. The third-order valence-corrected chi connectivity index (χ3v) is 9.23. The highest BCUT2D eigenvalue weighted by atomic mass is 79.9. The largest absolute Gasteiger partial charge is 0.350 e. The monoisotopic (exact) mass is 706 g/mol. The van der Waals surface area contributed by atoms with Crippen molar-refractivity contribution in [3.63, 3.8) is 0 Å². The third-order valence-electron chi connectivity index (χ3n) is 6.95. The number of nitrogens with zero attached hydrogens (tertiary/aromatic N) is 3. The Morgan fingerprint density at radius 2 is 1.48 bits per heavy atom. The number of benzene rings is 4. The summed E-state index contributed by atoms with van der Waals surface area (Å²) in [6.07, 6.45) is 0.157. The molecule has 0 aliphatic carbocycles. The molecule has 0 radical (unpaired) electrons. The summed E-state index contributed by atoms with van der Waals surface area (Å²) in [4.78, 5) is 40.7.